The van der Waals surface area contributed by atoms with E-state index in [4.69, 9.17) is 9.25 Å². The van der Waals surface area contributed by atoms with Crippen LogP contribution in [-0.4, -0.2) is 27.8 Å². The molecule has 2 aromatic rings. The van der Waals surface area contributed by atoms with Crippen molar-refractivity contribution in [3.8, 4) is 0 Å². The van der Waals surface area contributed by atoms with E-state index in [2.05, 4.69) is 4.98 Å². The summed E-state index contributed by atoms with van der Waals surface area (Å²) in [6.07, 6.45) is 1.40. The lowest BCUT2D eigenvalue weighted by molar-refractivity contribution is -0.0604. The number of amides is 2. The summed E-state index contributed by atoms with van der Waals surface area (Å²) in [7, 11) is 0. The standard InChI is InChI=1S/C16H14N2O5/c1-3-6-12-17-9(2)13(22-12)16(21)23-18-14(19)10-7-4-5-8-11(10)15(18)20/h4-5,7-8H,3,6H2,1-2H3. The molecule has 0 fully saturated rings. The van der Waals surface area contributed by atoms with Crippen molar-refractivity contribution in [1.82, 2.24) is 10.0 Å². The number of aryl methyl sites for hydroxylation is 2. The average Bonchev–Trinajstić information content (AvgIpc) is 3.02. The average molecular weight is 314 g/mol. The molecule has 23 heavy (non-hydrogen) atoms. The second-order valence-electron chi connectivity index (χ2n) is 5.10. The molecule has 7 nitrogen and oxygen atoms in total. The Labute approximate surface area is 131 Å². The van der Waals surface area contributed by atoms with Gasteiger partial charge in [-0.2, -0.15) is 0 Å². The van der Waals surface area contributed by atoms with Crippen LogP contribution in [0.25, 0.3) is 0 Å². The van der Waals surface area contributed by atoms with Gasteiger partial charge in [-0.1, -0.05) is 24.1 Å². The number of carbonyl (C=O) groups excluding carboxylic acids is 3. The molecular weight excluding hydrogens is 300 g/mol. The Morgan fingerprint density at radius 1 is 1.22 bits per heavy atom. The summed E-state index contributed by atoms with van der Waals surface area (Å²) in [5.74, 6) is -1.97. The Hall–Kier alpha value is -2.96. The zero-order chi connectivity index (χ0) is 16.6. The second-order valence-corrected chi connectivity index (χ2v) is 5.10. The monoisotopic (exact) mass is 314 g/mol. The number of imide groups is 1. The topological polar surface area (TPSA) is 89.7 Å². The molecule has 1 aromatic carbocycles. The van der Waals surface area contributed by atoms with Crippen LogP contribution >= 0.6 is 0 Å². The predicted molar refractivity (Wildman–Crippen MR) is 77.6 cm³/mol. The molecule has 1 aromatic heterocycles. The van der Waals surface area contributed by atoms with Gasteiger partial charge in [0.15, 0.2) is 5.89 Å². The van der Waals surface area contributed by atoms with E-state index in [1.807, 2.05) is 6.92 Å². The number of rotatable bonds is 4. The van der Waals surface area contributed by atoms with Gasteiger partial charge in [0.25, 0.3) is 11.8 Å². The number of hydrogen-bond acceptors (Lipinski definition) is 6. The Bertz CT molecular complexity index is 774. The van der Waals surface area contributed by atoms with E-state index >= 15 is 0 Å². The van der Waals surface area contributed by atoms with Gasteiger partial charge in [-0.3, -0.25) is 9.59 Å². The van der Waals surface area contributed by atoms with Crippen LogP contribution in [0.5, 0.6) is 0 Å². The number of nitrogens with zero attached hydrogens (tertiary/aromatic N) is 2. The highest BCUT2D eigenvalue weighted by Crippen LogP contribution is 2.24. The molecule has 0 bridgehead atoms. The van der Waals surface area contributed by atoms with Crippen molar-refractivity contribution < 1.29 is 23.6 Å². The molecule has 2 amide bonds. The Morgan fingerprint density at radius 3 is 2.39 bits per heavy atom. The van der Waals surface area contributed by atoms with Gasteiger partial charge in [0, 0.05) is 6.42 Å². The van der Waals surface area contributed by atoms with E-state index in [0.717, 1.165) is 6.42 Å². The quantitative estimate of drug-likeness (QED) is 0.804. The lowest BCUT2D eigenvalue weighted by Crippen LogP contribution is -2.32. The molecule has 3 rings (SSSR count). The molecule has 0 atom stereocenters. The molecule has 1 aliphatic heterocycles. The van der Waals surface area contributed by atoms with Crippen LogP contribution in [0.3, 0.4) is 0 Å². The van der Waals surface area contributed by atoms with E-state index in [1.54, 1.807) is 19.1 Å². The van der Waals surface area contributed by atoms with E-state index < -0.39 is 17.8 Å². The summed E-state index contributed by atoms with van der Waals surface area (Å²) in [4.78, 5) is 45.5. The zero-order valence-corrected chi connectivity index (χ0v) is 12.7. The third-order valence-corrected chi connectivity index (χ3v) is 3.42. The van der Waals surface area contributed by atoms with Gasteiger partial charge in [-0.25, -0.2) is 9.78 Å². The summed E-state index contributed by atoms with van der Waals surface area (Å²) >= 11 is 0. The lowest BCUT2D eigenvalue weighted by atomic mass is 10.1. The van der Waals surface area contributed by atoms with Gasteiger partial charge in [-0.15, -0.1) is 0 Å². The minimum Gasteiger partial charge on any atom is -0.433 e. The highest BCUT2D eigenvalue weighted by atomic mass is 16.7. The van der Waals surface area contributed by atoms with E-state index in [9.17, 15) is 14.4 Å². The molecule has 0 radical (unpaired) electrons. The number of fused-ring (bicyclic) bond motifs is 1. The summed E-state index contributed by atoms with van der Waals surface area (Å²) in [6.45, 7) is 3.55. The molecule has 0 N–H and O–H groups in total. The number of aromatic nitrogens is 1. The van der Waals surface area contributed by atoms with E-state index in [-0.39, 0.29) is 16.9 Å². The van der Waals surface area contributed by atoms with Crippen molar-refractivity contribution in [2.24, 2.45) is 0 Å². The largest absolute Gasteiger partial charge is 0.433 e. The normalized spacial score (nSPS) is 13.4. The smallest absolute Gasteiger partial charge is 0.401 e. The fourth-order valence-corrected chi connectivity index (χ4v) is 2.34. The van der Waals surface area contributed by atoms with Crippen LogP contribution in [-0.2, 0) is 11.3 Å². The highest BCUT2D eigenvalue weighted by Gasteiger charge is 2.39. The van der Waals surface area contributed by atoms with Crippen molar-refractivity contribution >= 4 is 17.8 Å². The molecule has 0 aliphatic carbocycles. The molecule has 7 heteroatoms. The number of hydrogen-bond donors (Lipinski definition) is 0. The third-order valence-electron chi connectivity index (χ3n) is 3.42. The van der Waals surface area contributed by atoms with Crippen LogP contribution in [0.1, 0.15) is 56.2 Å². The van der Waals surface area contributed by atoms with Gasteiger partial charge < -0.3 is 9.25 Å². The highest BCUT2D eigenvalue weighted by molar-refractivity contribution is 6.21. The first kappa shape index (κ1) is 15.0. The molecule has 2 heterocycles. The maximum absolute atomic E-state index is 12.2. The van der Waals surface area contributed by atoms with E-state index in [0.29, 0.717) is 23.1 Å². The summed E-state index contributed by atoms with van der Waals surface area (Å²) in [6, 6.07) is 6.27. The minimum absolute atomic E-state index is 0.106. The zero-order valence-electron chi connectivity index (χ0n) is 12.7. The van der Waals surface area contributed by atoms with Crippen molar-refractivity contribution in [3.63, 3.8) is 0 Å². The SMILES string of the molecule is CCCc1nc(C)c(C(=O)ON2C(=O)c3ccccc3C2=O)o1. The van der Waals surface area contributed by atoms with Crippen molar-refractivity contribution in [1.29, 1.82) is 0 Å². The Balaban J connectivity index is 1.82. The van der Waals surface area contributed by atoms with Crippen molar-refractivity contribution in [2.45, 2.75) is 26.7 Å². The number of oxazole rings is 1. The van der Waals surface area contributed by atoms with Gasteiger partial charge in [0.05, 0.1) is 16.8 Å². The predicted octanol–water partition coefficient (Wildman–Crippen LogP) is 2.30. The van der Waals surface area contributed by atoms with Crippen LogP contribution < -0.4 is 0 Å². The maximum Gasteiger partial charge on any atom is 0.401 e. The summed E-state index contributed by atoms with van der Waals surface area (Å²) < 4.78 is 5.34. The van der Waals surface area contributed by atoms with Crippen molar-refractivity contribution in [3.05, 3.63) is 52.7 Å². The molecule has 0 unspecified atom stereocenters. The Kier molecular flexibility index (Phi) is 3.69. The molecule has 0 spiro atoms. The van der Waals surface area contributed by atoms with Crippen LogP contribution in [0, 0.1) is 6.92 Å². The molecule has 0 saturated carbocycles. The first-order chi connectivity index (χ1) is 11.0. The molecular formula is C16H14N2O5. The molecule has 0 saturated heterocycles. The second kappa shape index (κ2) is 5.68. The lowest BCUT2D eigenvalue weighted by Gasteiger charge is -2.11. The fraction of sp³-hybridized carbons (Fsp3) is 0.250. The fourth-order valence-electron chi connectivity index (χ4n) is 2.34. The number of hydroxylamine groups is 2. The molecule has 1 aliphatic rings. The Morgan fingerprint density at radius 2 is 1.83 bits per heavy atom. The van der Waals surface area contributed by atoms with Crippen LogP contribution in [0.2, 0.25) is 0 Å². The maximum atomic E-state index is 12.2. The van der Waals surface area contributed by atoms with Gasteiger partial charge >= 0.3 is 5.97 Å². The van der Waals surface area contributed by atoms with Gasteiger partial charge in [0.1, 0.15) is 0 Å². The van der Waals surface area contributed by atoms with Crippen LogP contribution in [0.15, 0.2) is 28.7 Å². The number of benzene rings is 1. The van der Waals surface area contributed by atoms with Crippen LogP contribution in [0.4, 0.5) is 0 Å². The summed E-state index contributed by atoms with van der Waals surface area (Å²) in [5, 5.41) is 0.453. The first-order valence-electron chi connectivity index (χ1n) is 7.19. The van der Waals surface area contributed by atoms with Gasteiger partial charge in [0.2, 0.25) is 5.76 Å². The van der Waals surface area contributed by atoms with E-state index in [1.165, 1.54) is 12.1 Å². The minimum atomic E-state index is -0.924. The summed E-state index contributed by atoms with van der Waals surface area (Å²) in [5.41, 5.74) is 0.757. The van der Waals surface area contributed by atoms with Gasteiger partial charge in [-0.05, 0) is 25.5 Å². The van der Waals surface area contributed by atoms with Crippen molar-refractivity contribution in [2.75, 3.05) is 0 Å². The first-order valence-corrected chi connectivity index (χ1v) is 7.19. The third kappa shape index (κ3) is 2.50. The molecule has 118 valence electrons. The number of carbonyl (C=O) groups is 3.